The smallest absolute Gasteiger partial charge is 0.00719 e. The quantitative estimate of drug-likeness (QED) is 0.475. The average Bonchev–Trinajstić information content (AvgIpc) is 2.71. The Hall–Kier alpha value is 0.270. The van der Waals surface area contributed by atoms with Crippen LogP contribution in [0.15, 0.2) is 0 Å². The molecule has 0 spiro atoms. The van der Waals surface area contributed by atoms with Gasteiger partial charge in [-0.1, -0.05) is 32.6 Å². The lowest BCUT2D eigenvalue weighted by atomic mass is 9.79. The molecule has 1 aliphatic carbocycles. The van der Waals surface area contributed by atoms with Crippen LogP contribution in [0.1, 0.15) is 65.2 Å². The van der Waals surface area contributed by atoms with Gasteiger partial charge >= 0.3 is 0 Å². The van der Waals surface area contributed by atoms with Crippen LogP contribution in [-0.4, -0.2) is 49.6 Å². The molecule has 0 aromatic heterocycles. The van der Waals surface area contributed by atoms with Crippen molar-refractivity contribution in [3.63, 3.8) is 0 Å². The van der Waals surface area contributed by atoms with Crippen LogP contribution in [0.25, 0.3) is 0 Å². The van der Waals surface area contributed by atoms with E-state index in [-0.39, 0.29) is 0 Å². The lowest BCUT2D eigenvalue weighted by molar-refractivity contribution is 0.119. The van der Waals surface area contributed by atoms with E-state index in [9.17, 15) is 0 Å². The molecule has 0 amide bonds. The monoisotopic (exact) mass is 314 g/mol. The number of nitrogens with zero attached hydrogens (tertiary/aromatic N) is 1. The van der Waals surface area contributed by atoms with Gasteiger partial charge in [-0.25, -0.2) is 0 Å². The van der Waals surface area contributed by atoms with Crippen molar-refractivity contribution in [3.8, 4) is 0 Å². The predicted molar refractivity (Wildman–Crippen MR) is 98.4 cm³/mol. The standard InChI is InChI=1S/C18H38N2S/c1-5-13-19-15-18(11-8-6-7-9-12-18)16-20(3)17(2)10-14-21-4/h17,19H,5-16H2,1-4H3. The summed E-state index contributed by atoms with van der Waals surface area (Å²) >= 11 is 1.97. The summed E-state index contributed by atoms with van der Waals surface area (Å²) < 4.78 is 0. The fraction of sp³-hybridized carbons (Fsp3) is 1.00. The van der Waals surface area contributed by atoms with Crippen LogP contribution in [0.5, 0.6) is 0 Å². The van der Waals surface area contributed by atoms with Crippen molar-refractivity contribution in [1.29, 1.82) is 0 Å². The Morgan fingerprint density at radius 1 is 1.19 bits per heavy atom. The number of hydrogen-bond acceptors (Lipinski definition) is 3. The van der Waals surface area contributed by atoms with Crippen LogP contribution in [-0.2, 0) is 0 Å². The fourth-order valence-corrected chi connectivity index (χ4v) is 4.17. The Balaban J connectivity index is 2.57. The Kier molecular flexibility index (Phi) is 10.0. The van der Waals surface area contributed by atoms with Gasteiger partial charge in [0.05, 0.1) is 0 Å². The maximum Gasteiger partial charge on any atom is 0.00719 e. The Morgan fingerprint density at radius 3 is 2.43 bits per heavy atom. The fourth-order valence-electron chi connectivity index (χ4n) is 3.59. The summed E-state index contributed by atoms with van der Waals surface area (Å²) in [5.74, 6) is 1.28. The minimum Gasteiger partial charge on any atom is -0.316 e. The van der Waals surface area contributed by atoms with Crippen LogP contribution in [0.4, 0.5) is 0 Å². The highest BCUT2D eigenvalue weighted by Crippen LogP contribution is 2.35. The Labute approximate surface area is 137 Å². The predicted octanol–water partition coefficient (Wildman–Crippen LogP) is 4.40. The van der Waals surface area contributed by atoms with Gasteiger partial charge in [0.2, 0.25) is 0 Å². The van der Waals surface area contributed by atoms with Gasteiger partial charge in [0.1, 0.15) is 0 Å². The molecule has 1 atom stereocenters. The van der Waals surface area contributed by atoms with Crippen molar-refractivity contribution in [1.82, 2.24) is 10.2 Å². The van der Waals surface area contributed by atoms with E-state index in [2.05, 4.69) is 37.4 Å². The van der Waals surface area contributed by atoms with Crippen LogP contribution < -0.4 is 5.32 Å². The summed E-state index contributed by atoms with van der Waals surface area (Å²) in [6.07, 6.45) is 13.4. The van der Waals surface area contributed by atoms with Gasteiger partial charge in [-0.3, -0.25) is 0 Å². The molecule has 0 heterocycles. The van der Waals surface area contributed by atoms with Crippen LogP contribution in [0, 0.1) is 5.41 Å². The van der Waals surface area contributed by atoms with Gasteiger partial charge in [-0.2, -0.15) is 11.8 Å². The summed E-state index contributed by atoms with van der Waals surface area (Å²) in [6, 6.07) is 0.712. The van der Waals surface area contributed by atoms with E-state index in [1.165, 1.54) is 76.8 Å². The van der Waals surface area contributed by atoms with E-state index in [1.54, 1.807) is 0 Å². The third-order valence-electron chi connectivity index (χ3n) is 5.17. The average molecular weight is 315 g/mol. The molecule has 0 bridgehead atoms. The molecule has 126 valence electrons. The van der Waals surface area contributed by atoms with Gasteiger partial charge < -0.3 is 10.2 Å². The van der Waals surface area contributed by atoms with Crippen LogP contribution >= 0.6 is 11.8 Å². The summed E-state index contributed by atoms with van der Waals surface area (Å²) in [7, 11) is 2.34. The molecule has 3 heteroatoms. The van der Waals surface area contributed by atoms with E-state index >= 15 is 0 Å². The van der Waals surface area contributed by atoms with Gasteiger partial charge in [0, 0.05) is 19.1 Å². The molecule has 21 heavy (non-hydrogen) atoms. The summed E-state index contributed by atoms with van der Waals surface area (Å²) in [5.41, 5.74) is 0.522. The second-order valence-corrected chi connectivity index (χ2v) is 8.12. The summed E-state index contributed by atoms with van der Waals surface area (Å²) in [5, 5.41) is 3.73. The molecule has 0 saturated heterocycles. The third kappa shape index (κ3) is 7.38. The van der Waals surface area contributed by atoms with E-state index in [0.717, 1.165) is 0 Å². The number of nitrogens with one attached hydrogen (secondary N) is 1. The first kappa shape index (κ1) is 19.3. The van der Waals surface area contributed by atoms with Crippen LogP contribution in [0.2, 0.25) is 0 Å². The zero-order chi connectivity index (χ0) is 15.6. The first-order chi connectivity index (χ1) is 10.1. The largest absolute Gasteiger partial charge is 0.316 e. The summed E-state index contributed by atoms with van der Waals surface area (Å²) in [4.78, 5) is 2.63. The molecular weight excluding hydrogens is 276 g/mol. The minimum absolute atomic E-state index is 0.522. The van der Waals surface area contributed by atoms with Gasteiger partial charge in [0.15, 0.2) is 0 Å². The Morgan fingerprint density at radius 2 is 1.86 bits per heavy atom. The van der Waals surface area contributed by atoms with Crippen molar-refractivity contribution in [3.05, 3.63) is 0 Å². The van der Waals surface area contributed by atoms with Crippen LogP contribution in [0.3, 0.4) is 0 Å². The molecule has 2 nitrogen and oxygen atoms in total. The first-order valence-corrected chi connectivity index (χ1v) is 10.4. The van der Waals surface area contributed by atoms with E-state index in [4.69, 9.17) is 0 Å². The second-order valence-electron chi connectivity index (χ2n) is 7.14. The topological polar surface area (TPSA) is 15.3 Å². The number of hydrogen-bond donors (Lipinski definition) is 1. The maximum absolute atomic E-state index is 3.73. The van der Waals surface area contributed by atoms with Gasteiger partial charge in [-0.15, -0.1) is 0 Å². The highest BCUT2D eigenvalue weighted by Gasteiger charge is 2.32. The zero-order valence-electron chi connectivity index (χ0n) is 14.9. The zero-order valence-corrected chi connectivity index (χ0v) is 15.7. The van der Waals surface area contributed by atoms with Crippen molar-refractivity contribution in [2.75, 3.05) is 38.7 Å². The molecule has 0 radical (unpaired) electrons. The first-order valence-electron chi connectivity index (χ1n) is 9.03. The third-order valence-corrected chi connectivity index (χ3v) is 5.81. The highest BCUT2D eigenvalue weighted by molar-refractivity contribution is 7.98. The normalized spacial score (nSPS) is 20.4. The van der Waals surface area contributed by atoms with Crippen molar-refractivity contribution < 1.29 is 0 Å². The SMILES string of the molecule is CCCNCC1(CN(C)C(C)CCSC)CCCCCC1. The molecule has 0 aromatic carbocycles. The number of thioether (sulfide) groups is 1. The molecule has 1 N–H and O–H groups in total. The molecule has 1 saturated carbocycles. The van der Waals surface area contributed by atoms with Crippen molar-refractivity contribution in [2.45, 2.75) is 71.3 Å². The molecule has 0 aliphatic heterocycles. The second kappa shape index (κ2) is 10.9. The van der Waals surface area contributed by atoms with Crippen molar-refractivity contribution in [2.24, 2.45) is 5.41 Å². The van der Waals surface area contributed by atoms with Gasteiger partial charge in [-0.05, 0) is 63.6 Å². The molecule has 1 aliphatic rings. The molecule has 1 fully saturated rings. The Bertz CT molecular complexity index is 250. The molecular formula is C18H38N2S. The molecule has 0 aromatic rings. The van der Waals surface area contributed by atoms with E-state index in [1.807, 2.05) is 11.8 Å². The maximum atomic E-state index is 3.73. The summed E-state index contributed by atoms with van der Waals surface area (Å²) in [6.45, 7) is 8.34. The van der Waals surface area contributed by atoms with E-state index < -0.39 is 0 Å². The minimum atomic E-state index is 0.522. The van der Waals surface area contributed by atoms with E-state index in [0.29, 0.717) is 11.5 Å². The lowest BCUT2D eigenvalue weighted by Gasteiger charge is -2.39. The van der Waals surface area contributed by atoms with Gasteiger partial charge in [0.25, 0.3) is 0 Å². The number of rotatable bonds is 10. The molecule has 1 unspecified atom stereocenters. The van der Waals surface area contributed by atoms with Crippen molar-refractivity contribution >= 4 is 11.8 Å². The molecule has 1 rings (SSSR count). The lowest BCUT2D eigenvalue weighted by Crippen LogP contribution is -2.45. The highest BCUT2D eigenvalue weighted by atomic mass is 32.2.